The third-order valence-corrected chi connectivity index (χ3v) is 0.958. The van der Waals surface area contributed by atoms with Crippen LogP contribution in [0.15, 0.2) is 24.2 Å². The number of anilines is 1. The standard InChI is InChI=1S/C8H9F2N/c1-8(9,10)6-2-4-7(11)5-3-6/h2-5H,11H2,1H3/i1D3,2D,3D,4D,5D. The third-order valence-electron chi connectivity index (χ3n) is 0.958. The number of alkyl halides is 2. The van der Waals surface area contributed by atoms with Crippen molar-refractivity contribution in [3.8, 4) is 0 Å². The summed E-state index contributed by atoms with van der Waals surface area (Å²) in [7, 11) is 0. The molecule has 11 heavy (non-hydrogen) atoms. The molecule has 2 N–H and O–H groups in total. The van der Waals surface area contributed by atoms with Gasteiger partial charge in [-0.25, -0.2) is 8.78 Å². The number of nitrogens with two attached hydrogens (primary N) is 1. The topological polar surface area (TPSA) is 26.0 Å². The van der Waals surface area contributed by atoms with Crippen LogP contribution in [-0.4, -0.2) is 0 Å². The van der Waals surface area contributed by atoms with Gasteiger partial charge in [-0.15, -0.1) is 0 Å². The lowest BCUT2D eigenvalue weighted by molar-refractivity contribution is 0.0175. The van der Waals surface area contributed by atoms with E-state index in [0.717, 1.165) is 0 Å². The first kappa shape index (κ1) is 2.73. The quantitative estimate of drug-likeness (QED) is 0.633. The van der Waals surface area contributed by atoms with Crippen molar-refractivity contribution in [3.05, 3.63) is 29.7 Å². The Labute approximate surface area is 73.7 Å². The largest absolute Gasteiger partial charge is 0.399 e. The highest BCUT2D eigenvalue weighted by atomic mass is 19.3. The van der Waals surface area contributed by atoms with Gasteiger partial charge in [0.1, 0.15) is 0 Å². The molecule has 0 unspecified atom stereocenters. The second-order valence-electron chi connectivity index (χ2n) is 1.86. The fourth-order valence-electron chi connectivity index (χ4n) is 0.479. The summed E-state index contributed by atoms with van der Waals surface area (Å²) in [5.41, 5.74) is 3.14. The Balaban J connectivity index is 3.72. The molecule has 0 spiro atoms. The highest BCUT2D eigenvalue weighted by Crippen LogP contribution is 2.26. The maximum atomic E-state index is 13.7. The van der Waals surface area contributed by atoms with Crippen LogP contribution in [0.25, 0.3) is 0 Å². The first-order valence-corrected chi connectivity index (χ1v) is 2.67. The first-order chi connectivity index (χ1) is 7.93. The van der Waals surface area contributed by atoms with E-state index in [-0.39, 0.29) is 0 Å². The van der Waals surface area contributed by atoms with Gasteiger partial charge in [0.15, 0.2) is 0 Å². The molecule has 0 aliphatic rings. The van der Waals surface area contributed by atoms with E-state index in [4.69, 9.17) is 15.3 Å². The number of hydrogen-bond acceptors (Lipinski definition) is 1. The molecule has 3 heteroatoms. The Morgan fingerprint density at radius 1 is 1.45 bits per heavy atom. The number of benzene rings is 1. The van der Waals surface area contributed by atoms with Crippen LogP contribution < -0.4 is 5.73 Å². The van der Waals surface area contributed by atoms with E-state index in [2.05, 4.69) is 0 Å². The average Bonchev–Trinajstić information content (AvgIpc) is 2.22. The molecule has 0 heterocycles. The van der Waals surface area contributed by atoms with Gasteiger partial charge >= 0.3 is 0 Å². The molecule has 0 fully saturated rings. The Kier molecular flexibility index (Phi) is 0.619. The predicted molar refractivity (Wildman–Crippen MR) is 40.4 cm³/mol. The minimum Gasteiger partial charge on any atom is -0.399 e. The Morgan fingerprint density at radius 3 is 2.45 bits per heavy atom. The average molecular weight is 164 g/mol. The molecule has 0 aromatic heterocycles. The minimum absolute atomic E-state index is 0.602. The van der Waals surface area contributed by atoms with Crippen molar-refractivity contribution in [2.45, 2.75) is 12.8 Å². The predicted octanol–water partition coefficient (Wildman–Crippen LogP) is 2.38. The van der Waals surface area contributed by atoms with Gasteiger partial charge < -0.3 is 5.73 Å². The number of nitrogen functional groups attached to an aromatic ring is 1. The summed E-state index contributed by atoms with van der Waals surface area (Å²) in [6.45, 7) is -3.77. The van der Waals surface area contributed by atoms with Gasteiger partial charge in [-0.3, -0.25) is 0 Å². The summed E-state index contributed by atoms with van der Waals surface area (Å²) >= 11 is 0. The van der Waals surface area contributed by atoms with Crippen LogP contribution in [0.5, 0.6) is 0 Å². The van der Waals surface area contributed by atoms with Crippen LogP contribution in [0.2, 0.25) is 0 Å². The summed E-state index contributed by atoms with van der Waals surface area (Å²) in [6.07, 6.45) is 0. The van der Waals surface area contributed by atoms with Gasteiger partial charge in [-0.05, 0) is 12.1 Å². The van der Waals surface area contributed by atoms with E-state index >= 15 is 0 Å². The molecule has 1 nitrogen and oxygen atoms in total. The van der Waals surface area contributed by atoms with Gasteiger partial charge in [-0.2, -0.15) is 0 Å². The summed E-state index contributed by atoms with van der Waals surface area (Å²) in [5, 5.41) is 0. The summed E-state index contributed by atoms with van der Waals surface area (Å²) in [4.78, 5) is 0. The van der Waals surface area contributed by atoms with Gasteiger partial charge in [0, 0.05) is 22.2 Å². The lowest BCUT2D eigenvalue weighted by atomic mass is 10.1. The van der Waals surface area contributed by atoms with Crippen LogP contribution in [0, 0.1) is 0 Å². The molecule has 60 valence electrons. The van der Waals surface area contributed by atoms with E-state index in [0.29, 0.717) is 0 Å². The monoisotopic (exact) mass is 164 g/mol. The van der Waals surface area contributed by atoms with Gasteiger partial charge in [0.25, 0.3) is 5.92 Å². The number of hydrogen-bond donors (Lipinski definition) is 1. The molecular formula is C8H9F2N. The van der Waals surface area contributed by atoms with Crippen molar-refractivity contribution >= 4 is 5.69 Å². The molecule has 0 amide bonds. The van der Waals surface area contributed by atoms with Crippen molar-refractivity contribution in [3.63, 3.8) is 0 Å². The molecule has 0 aliphatic carbocycles. The third kappa shape index (κ3) is 1.90. The fourth-order valence-corrected chi connectivity index (χ4v) is 0.479. The molecule has 0 saturated heterocycles. The van der Waals surface area contributed by atoms with Crippen molar-refractivity contribution in [2.75, 3.05) is 5.73 Å². The van der Waals surface area contributed by atoms with Gasteiger partial charge in [0.2, 0.25) is 0 Å². The van der Waals surface area contributed by atoms with Crippen molar-refractivity contribution < 1.29 is 18.4 Å². The van der Waals surface area contributed by atoms with E-state index in [1.165, 1.54) is 0 Å². The van der Waals surface area contributed by atoms with Gasteiger partial charge in [0.05, 0.1) is 5.48 Å². The van der Waals surface area contributed by atoms with E-state index in [9.17, 15) is 8.78 Å². The first-order valence-electron chi connectivity index (χ1n) is 6.17. The van der Waals surface area contributed by atoms with Crippen LogP contribution in [0.3, 0.4) is 0 Å². The fraction of sp³-hybridized carbons (Fsp3) is 0.250. The van der Waals surface area contributed by atoms with Crippen molar-refractivity contribution in [1.29, 1.82) is 0 Å². The van der Waals surface area contributed by atoms with Crippen LogP contribution >= 0.6 is 0 Å². The van der Waals surface area contributed by atoms with Crippen LogP contribution in [-0.2, 0) is 5.92 Å². The molecule has 0 atom stereocenters. The summed E-state index contributed by atoms with van der Waals surface area (Å²) < 4.78 is 76.7. The van der Waals surface area contributed by atoms with E-state index in [1.54, 1.807) is 0 Å². The molecule has 0 aliphatic heterocycles. The second kappa shape index (κ2) is 2.49. The highest BCUT2D eigenvalue weighted by molar-refractivity contribution is 5.40. The molecule has 0 radical (unpaired) electrons. The SMILES string of the molecule is [2H]c1c([2H])c(C(F)(F)C([2H])([2H])[2H])c([2H])c([2H])c1N. The Bertz CT molecular complexity index is 468. The molecule has 0 saturated carbocycles. The van der Waals surface area contributed by atoms with Crippen molar-refractivity contribution in [1.82, 2.24) is 0 Å². The number of halogens is 2. The maximum absolute atomic E-state index is 13.7. The smallest absolute Gasteiger partial charge is 0.270 e. The molecule has 1 aromatic carbocycles. The van der Waals surface area contributed by atoms with Crippen LogP contribution in [0.4, 0.5) is 14.5 Å². The molecule has 1 rings (SSSR count). The number of rotatable bonds is 1. The normalized spacial score (nSPS) is 21.8. The Hall–Kier alpha value is -1.12. The van der Waals surface area contributed by atoms with E-state index < -0.39 is 48.2 Å². The zero-order chi connectivity index (χ0) is 14.5. The van der Waals surface area contributed by atoms with Crippen LogP contribution in [0.1, 0.15) is 22.0 Å². The van der Waals surface area contributed by atoms with E-state index in [1.807, 2.05) is 0 Å². The summed E-state index contributed by atoms with van der Waals surface area (Å²) in [6, 6.07) is -4.05. The summed E-state index contributed by atoms with van der Waals surface area (Å²) in [5.74, 6) is -4.49. The molecule has 1 aromatic rings. The van der Waals surface area contributed by atoms with Crippen molar-refractivity contribution in [2.24, 2.45) is 0 Å². The van der Waals surface area contributed by atoms with Gasteiger partial charge in [-0.1, -0.05) is 12.1 Å². The zero-order valence-electron chi connectivity index (χ0n) is 12.3. The molecular weight excluding hydrogens is 148 g/mol. The minimum atomic E-state index is -4.49. The molecule has 0 bridgehead atoms. The second-order valence-corrected chi connectivity index (χ2v) is 1.86. The maximum Gasteiger partial charge on any atom is 0.270 e. The highest BCUT2D eigenvalue weighted by Gasteiger charge is 2.23. The zero-order valence-corrected chi connectivity index (χ0v) is 5.33. The Morgan fingerprint density at radius 2 is 2.00 bits per heavy atom. The lowest BCUT2D eigenvalue weighted by Crippen LogP contribution is -2.06. The lowest BCUT2D eigenvalue weighted by Gasteiger charge is -2.09.